The van der Waals surface area contributed by atoms with Crippen molar-refractivity contribution in [2.24, 2.45) is 17.3 Å². The highest BCUT2D eigenvalue weighted by Crippen LogP contribution is 2.55. The summed E-state index contributed by atoms with van der Waals surface area (Å²) in [7, 11) is 0. The van der Waals surface area contributed by atoms with Gasteiger partial charge >= 0.3 is 0 Å². The molecular weight excluding hydrogens is 160 g/mol. The molecule has 1 fully saturated rings. The van der Waals surface area contributed by atoms with Gasteiger partial charge in [-0.15, -0.1) is 0 Å². The van der Waals surface area contributed by atoms with Gasteiger partial charge in [-0.25, -0.2) is 0 Å². The molecule has 0 unspecified atom stereocenters. The number of rotatable bonds is 0. The molecule has 1 N–H and O–H groups in total. The van der Waals surface area contributed by atoms with Gasteiger partial charge in [-0.05, 0) is 43.4 Å². The Bertz CT molecular complexity index is 244. The van der Waals surface area contributed by atoms with Gasteiger partial charge < -0.3 is 5.11 Å². The Morgan fingerprint density at radius 1 is 1.54 bits per heavy atom. The Morgan fingerprint density at radius 2 is 2.23 bits per heavy atom. The summed E-state index contributed by atoms with van der Waals surface area (Å²) in [6.07, 6.45) is 5.56. The van der Waals surface area contributed by atoms with E-state index in [1.807, 2.05) is 0 Å². The standard InChI is InChI=1S/C12H20O/c1-8-6-7-12(3)9(2)4-5-10(13)11(8)12/h4,8,10-11,13H,5-7H2,1-3H3/t8-,10+,11-,12+/m0/s1. The Hall–Kier alpha value is -0.300. The summed E-state index contributed by atoms with van der Waals surface area (Å²) in [4.78, 5) is 0. The molecule has 0 saturated heterocycles. The molecule has 2 rings (SSSR count). The molecule has 74 valence electrons. The Balaban J connectivity index is 2.37. The molecule has 0 aromatic carbocycles. The molecule has 4 atom stereocenters. The highest BCUT2D eigenvalue weighted by atomic mass is 16.3. The Kier molecular flexibility index (Phi) is 2.03. The lowest BCUT2D eigenvalue weighted by Gasteiger charge is -2.41. The number of aliphatic hydroxyl groups is 1. The summed E-state index contributed by atoms with van der Waals surface area (Å²) in [5.74, 6) is 1.21. The zero-order chi connectivity index (χ0) is 9.64. The van der Waals surface area contributed by atoms with Crippen LogP contribution in [-0.4, -0.2) is 11.2 Å². The number of allylic oxidation sites excluding steroid dienone is 1. The minimum Gasteiger partial charge on any atom is -0.392 e. The van der Waals surface area contributed by atoms with Crippen LogP contribution in [0, 0.1) is 17.3 Å². The molecule has 0 aliphatic heterocycles. The van der Waals surface area contributed by atoms with Gasteiger partial charge in [0.05, 0.1) is 6.10 Å². The van der Waals surface area contributed by atoms with Crippen LogP contribution >= 0.6 is 0 Å². The molecule has 0 heterocycles. The van der Waals surface area contributed by atoms with Gasteiger partial charge in [0.1, 0.15) is 0 Å². The summed E-state index contributed by atoms with van der Waals surface area (Å²) in [5.41, 5.74) is 1.81. The fraction of sp³-hybridized carbons (Fsp3) is 0.833. The molecule has 0 aromatic heterocycles. The minimum atomic E-state index is -0.0915. The average molecular weight is 180 g/mol. The Morgan fingerprint density at radius 3 is 2.85 bits per heavy atom. The van der Waals surface area contributed by atoms with Crippen LogP contribution in [-0.2, 0) is 0 Å². The van der Waals surface area contributed by atoms with Gasteiger partial charge in [-0.3, -0.25) is 0 Å². The lowest BCUT2D eigenvalue weighted by atomic mass is 9.66. The molecule has 0 spiro atoms. The van der Waals surface area contributed by atoms with Crippen molar-refractivity contribution < 1.29 is 5.11 Å². The van der Waals surface area contributed by atoms with E-state index in [1.54, 1.807) is 0 Å². The molecule has 0 bridgehead atoms. The van der Waals surface area contributed by atoms with Crippen molar-refractivity contribution in [3.8, 4) is 0 Å². The van der Waals surface area contributed by atoms with Crippen molar-refractivity contribution in [2.75, 3.05) is 0 Å². The number of fused-ring (bicyclic) bond motifs is 1. The van der Waals surface area contributed by atoms with Crippen LogP contribution in [0.5, 0.6) is 0 Å². The third-order valence-electron chi connectivity index (χ3n) is 4.45. The highest BCUT2D eigenvalue weighted by Gasteiger charge is 2.48. The molecule has 1 heteroatoms. The van der Waals surface area contributed by atoms with Crippen molar-refractivity contribution >= 4 is 0 Å². The topological polar surface area (TPSA) is 20.2 Å². The second-order valence-corrected chi connectivity index (χ2v) is 5.15. The van der Waals surface area contributed by atoms with Crippen LogP contribution < -0.4 is 0 Å². The van der Waals surface area contributed by atoms with E-state index in [4.69, 9.17) is 0 Å². The van der Waals surface area contributed by atoms with Gasteiger partial charge in [-0.1, -0.05) is 25.5 Å². The van der Waals surface area contributed by atoms with E-state index in [0.29, 0.717) is 17.3 Å². The van der Waals surface area contributed by atoms with E-state index >= 15 is 0 Å². The number of aliphatic hydroxyl groups excluding tert-OH is 1. The second-order valence-electron chi connectivity index (χ2n) is 5.15. The fourth-order valence-electron chi connectivity index (χ4n) is 3.44. The van der Waals surface area contributed by atoms with Crippen molar-refractivity contribution in [2.45, 2.75) is 46.1 Å². The smallest absolute Gasteiger partial charge is 0.0613 e. The summed E-state index contributed by atoms with van der Waals surface area (Å²) < 4.78 is 0. The largest absolute Gasteiger partial charge is 0.392 e. The molecule has 0 radical (unpaired) electrons. The van der Waals surface area contributed by atoms with Crippen molar-refractivity contribution in [3.05, 3.63) is 11.6 Å². The molecular formula is C12H20O. The van der Waals surface area contributed by atoms with Crippen LogP contribution in [0.4, 0.5) is 0 Å². The molecule has 1 nitrogen and oxygen atoms in total. The summed E-state index contributed by atoms with van der Waals surface area (Å²) in [6, 6.07) is 0. The van der Waals surface area contributed by atoms with Crippen LogP contribution in [0.25, 0.3) is 0 Å². The summed E-state index contributed by atoms with van der Waals surface area (Å²) >= 11 is 0. The summed E-state index contributed by atoms with van der Waals surface area (Å²) in [6.45, 7) is 6.85. The second kappa shape index (κ2) is 2.84. The predicted octanol–water partition coefficient (Wildman–Crippen LogP) is 2.75. The lowest BCUT2D eigenvalue weighted by Crippen LogP contribution is -2.38. The van der Waals surface area contributed by atoms with Gasteiger partial charge in [0, 0.05) is 0 Å². The van der Waals surface area contributed by atoms with E-state index in [1.165, 1.54) is 18.4 Å². The highest BCUT2D eigenvalue weighted by molar-refractivity contribution is 5.21. The van der Waals surface area contributed by atoms with Crippen molar-refractivity contribution in [1.29, 1.82) is 0 Å². The predicted molar refractivity (Wildman–Crippen MR) is 54.4 cm³/mol. The molecule has 0 amide bonds. The van der Waals surface area contributed by atoms with Crippen LogP contribution in [0.3, 0.4) is 0 Å². The average Bonchev–Trinajstić information content (AvgIpc) is 2.38. The minimum absolute atomic E-state index is 0.0915. The first-order valence-electron chi connectivity index (χ1n) is 5.41. The van der Waals surface area contributed by atoms with Gasteiger partial charge in [0.15, 0.2) is 0 Å². The van der Waals surface area contributed by atoms with E-state index in [2.05, 4.69) is 26.8 Å². The van der Waals surface area contributed by atoms with Crippen molar-refractivity contribution in [1.82, 2.24) is 0 Å². The zero-order valence-electron chi connectivity index (χ0n) is 8.88. The SMILES string of the molecule is CC1=CC[C@@H](O)[C@@H]2[C@@H](C)CC[C@]12C. The first kappa shape index (κ1) is 9.26. The molecule has 13 heavy (non-hydrogen) atoms. The van der Waals surface area contributed by atoms with Gasteiger partial charge in [-0.2, -0.15) is 0 Å². The maximum atomic E-state index is 9.99. The van der Waals surface area contributed by atoms with E-state index in [-0.39, 0.29) is 6.10 Å². The van der Waals surface area contributed by atoms with Crippen molar-refractivity contribution in [3.63, 3.8) is 0 Å². The first-order valence-corrected chi connectivity index (χ1v) is 5.41. The third-order valence-corrected chi connectivity index (χ3v) is 4.45. The normalized spacial score (nSPS) is 50.2. The molecule has 0 aromatic rings. The monoisotopic (exact) mass is 180 g/mol. The van der Waals surface area contributed by atoms with Crippen LogP contribution in [0.2, 0.25) is 0 Å². The van der Waals surface area contributed by atoms with Gasteiger partial charge in [0.2, 0.25) is 0 Å². The molecule has 1 saturated carbocycles. The van der Waals surface area contributed by atoms with Crippen LogP contribution in [0.15, 0.2) is 11.6 Å². The summed E-state index contributed by atoms with van der Waals surface area (Å²) in [5, 5.41) is 9.99. The number of hydrogen-bond acceptors (Lipinski definition) is 1. The maximum Gasteiger partial charge on any atom is 0.0613 e. The zero-order valence-corrected chi connectivity index (χ0v) is 8.88. The van der Waals surface area contributed by atoms with E-state index in [0.717, 1.165) is 6.42 Å². The van der Waals surface area contributed by atoms with E-state index < -0.39 is 0 Å². The first-order chi connectivity index (χ1) is 6.05. The lowest BCUT2D eigenvalue weighted by molar-refractivity contribution is 0.0334. The van der Waals surface area contributed by atoms with Crippen LogP contribution in [0.1, 0.15) is 40.0 Å². The Labute approximate surface area is 80.8 Å². The molecule has 2 aliphatic rings. The fourth-order valence-corrected chi connectivity index (χ4v) is 3.44. The number of hydrogen-bond donors (Lipinski definition) is 1. The maximum absolute atomic E-state index is 9.99. The molecule has 2 aliphatic carbocycles. The quantitative estimate of drug-likeness (QED) is 0.568. The van der Waals surface area contributed by atoms with E-state index in [9.17, 15) is 5.11 Å². The van der Waals surface area contributed by atoms with Gasteiger partial charge in [0.25, 0.3) is 0 Å². The third kappa shape index (κ3) is 1.17.